The number of halogens is 2. The van der Waals surface area contributed by atoms with Crippen molar-refractivity contribution in [3.05, 3.63) is 65.2 Å². The number of rotatable bonds is 7. The first kappa shape index (κ1) is 17.9. The molecule has 0 aliphatic carbocycles. The molecule has 0 bridgehead atoms. The second-order valence-electron chi connectivity index (χ2n) is 5.98. The second kappa shape index (κ2) is 8.43. The van der Waals surface area contributed by atoms with Crippen LogP contribution in [0.25, 0.3) is 0 Å². The fourth-order valence-electron chi connectivity index (χ4n) is 2.10. The third-order valence-corrected chi connectivity index (χ3v) is 3.38. The van der Waals surface area contributed by atoms with E-state index in [4.69, 9.17) is 4.74 Å². The standard InChI is InChI=1S/C19H21F2NO2/c1-13(2)12-24-16-6-3-14(4-7-16)9-10-22-19(23)17-11-15(20)5-8-18(17)21/h3-8,11,13H,9-10,12H2,1-2H3,(H,22,23). The van der Waals surface area contributed by atoms with Crippen molar-refractivity contribution in [3.8, 4) is 5.75 Å². The van der Waals surface area contributed by atoms with Crippen LogP contribution in [0.1, 0.15) is 29.8 Å². The van der Waals surface area contributed by atoms with E-state index in [9.17, 15) is 13.6 Å². The van der Waals surface area contributed by atoms with E-state index in [0.717, 1.165) is 29.5 Å². The van der Waals surface area contributed by atoms with Crippen molar-refractivity contribution in [1.82, 2.24) is 5.32 Å². The Hall–Kier alpha value is -2.43. The van der Waals surface area contributed by atoms with E-state index >= 15 is 0 Å². The summed E-state index contributed by atoms with van der Waals surface area (Å²) in [6.45, 7) is 5.16. The van der Waals surface area contributed by atoms with E-state index in [1.807, 2.05) is 24.3 Å². The molecule has 0 atom stereocenters. The molecule has 3 nitrogen and oxygen atoms in total. The molecule has 0 radical (unpaired) electrons. The molecule has 0 fully saturated rings. The Morgan fingerprint density at radius 2 is 1.83 bits per heavy atom. The molecule has 128 valence electrons. The average Bonchev–Trinajstić information content (AvgIpc) is 2.56. The Balaban J connectivity index is 1.83. The largest absolute Gasteiger partial charge is 0.493 e. The summed E-state index contributed by atoms with van der Waals surface area (Å²) in [5.74, 6) is -0.732. The summed E-state index contributed by atoms with van der Waals surface area (Å²) in [6.07, 6.45) is 0.590. The lowest BCUT2D eigenvalue weighted by molar-refractivity contribution is 0.0949. The maximum atomic E-state index is 13.5. The minimum absolute atomic E-state index is 0.285. The van der Waals surface area contributed by atoms with Crippen LogP contribution in [0, 0.1) is 17.6 Å². The van der Waals surface area contributed by atoms with Gasteiger partial charge in [-0.15, -0.1) is 0 Å². The van der Waals surface area contributed by atoms with Crippen molar-refractivity contribution in [1.29, 1.82) is 0 Å². The Labute approximate surface area is 140 Å². The maximum absolute atomic E-state index is 13.5. The zero-order chi connectivity index (χ0) is 17.5. The fourth-order valence-corrected chi connectivity index (χ4v) is 2.10. The maximum Gasteiger partial charge on any atom is 0.254 e. The summed E-state index contributed by atoms with van der Waals surface area (Å²) in [5, 5.41) is 2.59. The van der Waals surface area contributed by atoms with Gasteiger partial charge in [0.25, 0.3) is 5.91 Å². The Bertz CT molecular complexity index is 684. The number of hydrogen-bond donors (Lipinski definition) is 1. The zero-order valence-electron chi connectivity index (χ0n) is 13.8. The summed E-state index contributed by atoms with van der Waals surface area (Å²) in [4.78, 5) is 11.9. The topological polar surface area (TPSA) is 38.3 Å². The van der Waals surface area contributed by atoms with Crippen LogP contribution in [-0.4, -0.2) is 19.1 Å². The molecule has 1 N–H and O–H groups in total. The first-order chi connectivity index (χ1) is 11.5. The van der Waals surface area contributed by atoms with E-state index in [2.05, 4.69) is 19.2 Å². The van der Waals surface area contributed by atoms with Gasteiger partial charge in [0, 0.05) is 6.54 Å². The van der Waals surface area contributed by atoms with Crippen LogP contribution in [0.15, 0.2) is 42.5 Å². The van der Waals surface area contributed by atoms with Crippen LogP contribution < -0.4 is 10.1 Å². The second-order valence-corrected chi connectivity index (χ2v) is 5.98. The van der Waals surface area contributed by atoms with Gasteiger partial charge in [-0.2, -0.15) is 0 Å². The van der Waals surface area contributed by atoms with Crippen molar-refractivity contribution < 1.29 is 18.3 Å². The third kappa shape index (κ3) is 5.33. The van der Waals surface area contributed by atoms with Crippen molar-refractivity contribution in [2.45, 2.75) is 20.3 Å². The number of hydrogen-bond acceptors (Lipinski definition) is 2. The van der Waals surface area contributed by atoms with Gasteiger partial charge in [-0.25, -0.2) is 8.78 Å². The van der Waals surface area contributed by atoms with Crippen molar-refractivity contribution in [3.63, 3.8) is 0 Å². The molecule has 0 spiro atoms. The van der Waals surface area contributed by atoms with Crippen molar-refractivity contribution in [2.75, 3.05) is 13.2 Å². The zero-order valence-corrected chi connectivity index (χ0v) is 13.8. The minimum Gasteiger partial charge on any atom is -0.493 e. The summed E-state index contributed by atoms with van der Waals surface area (Å²) in [7, 11) is 0. The molecule has 24 heavy (non-hydrogen) atoms. The molecule has 0 saturated heterocycles. The van der Waals surface area contributed by atoms with Gasteiger partial charge < -0.3 is 10.1 Å². The molecule has 2 rings (SSSR count). The normalized spacial score (nSPS) is 10.7. The highest BCUT2D eigenvalue weighted by molar-refractivity contribution is 5.94. The van der Waals surface area contributed by atoms with Gasteiger partial charge in [0.2, 0.25) is 0 Å². The number of ether oxygens (including phenoxy) is 1. The molecule has 1 amide bonds. The molecule has 2 aromatic carbocycles. The lowest BCUT2D eigenvalue weighted by atomic mass is 10.1. The SMILES string of the molecule is CC(C)COc1ccc(CCNC(=O)c2cc(F)ccc2F)cc1. The van der Waals surface area contributed by atoms with Gasteiger partial charge in [-0.05, 0) is 48.2 Å². The first-order valence-corrected chi connectivity index (χ1v) is 7.90. The molecule has 0 aliphatic rings. The van der Waals surface area contributed by atoms with Gasteiger partial charge in [-0.3, -0.25) is 4.79 Å². The number of benzene rings is 2. The van der Waals surface area contributed by atoms with Gasteiger partial charge in [0.05, 0.1) is 12.2 Å². The molecular weight excluding hydrogens is 312 g/mol. The molecule has 0 unspecified atom stereocenters. The summed E-state index contributed by atoms with van der Waals surface area (Å²) in [6, 6.07) is 10.4. The highest BCUT2D eigenvalue weighted by atomic mass is 19.1. The summed E-state index contributed by atoms with van der Waals surface area (Å²) in [5.41, 5.74) is 0.736. The Morgan fingerprint density at radius 1 is 1.12 bits per heavy atom. The number of nitrogens with one attached hydrogen (secondary N) is 1. The van der Waals surface area contributed by atoms with E-state index in [0.29, 0.717) is 25.5 Å². The highest BCUT2D eigenvalue weighted by Crippen LogP contribution is 2.14. The highest BCUT2D eigenvalue weighted by Gasteiger charge is 2.12. The fraction of sp³-hybridized carbons (Fsp3) is 0.316. The molecule has 2 aromatic rings. The lowest BCUT2D eigenvalue weighted by Gasteiger charge is -2.10. The quantitative estimate of drug-likeness (QED) is 0.832. The van der Waals surface area contributed by atoms with Crippen molar-refractivity contribution in [2.24, 2.45) is 5.92 Å². The molecule has 0 aliphatic heterocycles. The van der Waals surface area contributed by atoms with Crippen LogP contribution in [0.2, 0.25) is 0 Å². The average molecular weight is 333 g/mol. The molecular formula is C19H21F2NO2. The Kier molecular flexibility index (Phi) is 6.29. The number of carbonyl (C=O) groups is 1. The monoisotopic (exact) mass is 333 g/mol. The predicted octanol–water partition coefficient (Wildman–Crippen LogP) is 3.97. The van der Waals surface area contributed by atoms with Crippen LogP contribution in [0.4, 0.5) is 8.78 Å². The van der Waals surface area contributed by atoms with E-state index in [1.54, 1.807) is 0 Å². The number of carbonyl (C=O) groups excluding carboxylic acids is 1. The van der Waals surface area contributed by atoms with E-state index in [-0.39, 0.29) is 5.56 Å². The molecule has 5 heteroatoms. The lowest BCUT2D eigenvalue weighted by Crippen LogP contribution is -2.26. The van der Waals surface area contributed by atoms with Crippen LogP contribution in [0.3, 0.4) is 0 Å². The van der Waals surface area contributed by atoms with Gasteiger partial charge in [-0.1, -0.05) is 26.0 Å². The number of amides is 1. The minimum atomic E-state index is -0.736. The van der Waals surface area contributed by atoms with E-state index in [1.165, 1.54) is 0 Å². The predicted molar refractivity (Wildman–Crippen MR) is 89.2 cm³/mol. The smallest absolute Gasteiger partial charge is 0.254 e. The van der Waals surface area contributed by atoms with Gasteiger partial charge in [0.1, 0.15) is 17.4 Å². The third-order valence-electron chi connectivity index (χ3n) is 3.38. The van der Waals surface area contributed by atoms with Gasteiger partial charge in [0.15, 0.2) is 0 Å². The molecule has 0 saturated carbocycles. The van der Waals surface area contributed by atoms with Crippen LogP contribution in [0.5, 0.6) is 5.75 Å². The first-order valence-electron chi connectivity index (χ1n) is 7.90. The summed E-state index contributed by atoms with van der Waals surface area (Å²) < 4.78 is 32.2. The van der Waals surface area contributed by atoms with Gasteiger partial charge >= 0.3 is 0 Å². The Morgan fingerprint density at radius 3 is 2.50 bits per heavy atom. The van der Waals surface area contributed by atoms with Crippen LogP contribution in [-0.2, 0) is 6.42 Å². The molecule has 0 aromatic heterocycles. The van der Waals surface area contributed by atoms with Crippen LogP contribution >= 0.6 is 0 Å². The van der Waals surface area contributed by atoms with Crippen molar-refractivity contribution >= 4 is 5.91 Å². The summed E-state index contributed by atoms with van der Waals surface area (Å²) >= 11 is 0. The molecule has 0 heterocycles. The van der Waals surface area contributed by atoms with E-state index < -0.39 is 17.5 Å².